The average Bonchev–Trinajstić information content (AvgIpc) is 3.03. The third-order valence-corrected chi connectivity index (χ3v) is 4.98. The fourth-order valence-electron chi connectivity index (χ4n) is 3.72. The minimum absolute atomic E-state index is 0.0127. The summed E-state index contributed by atoms with van der Waals surface area (Å²) in [5.41, 5.74) is 1.04. The number of morpholine rings is 1. The minimum Gasteiger partial charge on any atom is -0.377 e. The summed E-state index contributed by atoms with van der Waals surface area (Å²) in [6.45, 7) is 2.62. The predicted octanol–water partition coefficient (Wildman–Crippen LogP) is 1.83. The maximum absolute atomic E-state index is 13.1. The van der Waals surface area contributed by atoms with Crippen LogP contribution in [0.3, 0.4) is 0 Å². The van der Waals surface area contributed by atoms with E-state index in [0.717, 1.165) is 24.8 Å². The van der Waals surface area contributed by atoms with E-state index in [4.69, 9.17) is 4.74 Å². The summed E-state index contributed by atoms with van der Waals surface area (Å²) in [7, 11) is 0. The highest BCUT2D eigenvalue weighted by Gasteiger charge is 2.35. The van der Waals surface area contributed by atoms with Crippen LogP contribution in [0.4, 0.5) is 4.39 Å². The number of ether oxygens (including phenoxy) is 1. The van der Waals surface area contributed by atoms with Crippen LogP contribution in [0.15, 0.2) is 24.3 Å². The molecule has 3 rings (SSSR count). The molecule has 1 heterocycles. The van der Waals surface area contributed by atoms with Gasteiger partial charge in [-0.25, -0.2) is 4.39 Å². The van der Waals surface area contributed by atoms with Gasteiger partial charge in [0.05, 0.1) is 13.2 Å². The molecule has 0 spiro atoms. The van der Waals surface area contributed by atoms with Crippen molar-refractivity contribution >= 4 is 11.8 Å². The Morgan fingerprint density at radius 1 is 1.25 bits per heavy atom. The third kappa shape index (κ3) is 3.59. The van der Waals surface area contributed by atoms with Crippen molar-refractivity contribution in [1.82, 2.24) is 10.2 Å². The van der Waals surface area contributed by atoms with Gasteiger partial charge in [0, 0.05) is 25.4 Å². The Kier molecular flexibility index (Phi) is 5.14. The van der Waals surface area contributed by atoms with Gasteiger partial charge < -0.3 is 15.0 Å². The first-order valence-corrected chi connectivity index (χ1v) is 8.47. The topological polar surface area (TPSA) is 58.6 Å². The molecule has 1 saturated carbocycles. The molecule has 0 bridgehead atoms. The molecule has 3 atom stereocenters. The van der Waals surface area contributed by atoms with Crippen molar-refractivity contribution in [1.29, 1.82) is 0 Å². The van der Waals surface area contributed by atoms with Gasteiger partial charge in [0.15, 0.2) is 0 Å². The number of rotatable bonds is 3. The molecular weight excluding hydrogens is 311 g/mol. The molecule has 2 amide bonds. The fourth-order valence-corrected chi connectivity index (χ4v) is 3.72. The van der Waals surface area contributed by atoms with Crippen molar-refractivity contribution in [3.63, 3.8) is 0 Å². The second-order valence-electron chi connectivity index (χ2n) is 6.51. The van der Waals surface area contributed by atoms with Crippen molar-refractivity contribution in [2.75, 3.05) is 19.8 Å². The number of nitrogens with one attached hydrogen (secondary N) is 1. The number of hydrogen-bond acceptors (Lipinski definition) is 3. The highest BCUT2D eigenvalue weighted by atomic mass is 19.1. The van der Waals surface area contributed by atoms with Gasteiger partial charge in [-0.05, 0) is 30.5 Å². The van der Waals surface area contributed by atoms with Crippen LogP contribution in [0.25, 0.3) is 0 Å². The largest absolute Gasteiger partial charge is 0.377 e. The Morgan fingerprint density at radius 3 is 2.71 bits per heavy atom. The second-order valence-corrected chi connectivity index (χ2v) is 6.51. The molecule has 1 aromatic carbocycles. The second kappa shape index (κ2) is 7.30. The maximum Gasteiger partial charge on any atom is 0.245 e. The molecule has 1 aliphatic heterocycles. The standard InChI is InChI=1S/C18H23FN2O3/c1-12(22)21-9-10-24-11-17(21)18(23)20-16-4-2-3-15(16)13-5-7-14(19)8-6-13/h5-8,15-17H,2-4,9-11H2,1H3,(H,20,23). The summed E-state index contributed by atoms with van der Waals surface area (Å²) >= 11 is 0. The SMILES string of the molecule is CC(=O)N1CCOCC1C(=O)NC1CCCC1c1ccc(F)cc1. The van der Waals surface area contributed by atoms with Crippen molar-refractivity contribution in [2.24, 2.45) is 0 Å². The molecule has 24 heavy (non-hydrogen) atoms. The summed E-state index contributed by atoms with van der Waals surface area (Å²) in [4.78, 5) is 25.9. The van der Waals surface area contributed by atoms with Crippen LogP contribution >= 0.6 is 0 Å². The molecule has 1 aliphatic carbocycles. The first-order valence-electron chi connectivity index (χ1n) is 8.47. The lowest BCUT2D eigenvalue weighted by Gasteiger charge is -2.35. The Hall–Kier alpha value is -1.95. The summed E-state index contributed by atoms with van der Waals surface area (Å²) in [6.07, 6.45) is 2.88. The van der Waals surface area contributed by atoms with Crippen LogP contribution in [0.5, 0.6) is 0 Å². The van der Waals surface area contributed by atoms with Gasteiger partial charge in [-0.1, -0.05) is 18.6 Å². The van der Waals surface area contributed by atoms with Crippen molar-refractivity contribution in [3.8, 4) is 0 Å². The molecule has 1 N–H and O–H groups in total. The predicted molar refractivity (Wildman–Crippen MR) is 86.9 cm³/mol. The average molecular weight is 334 g/mol. The maximum atomic E-state index is 13.1. The number of amides is 2. The number of carbonyl (C=O) groups is 2. The summed E-state index contributed by atoms with van der Waals surface area (Å²) in [5.74, 6) is -0.345. The van der Waals surface area contributed by atoms with Crippen molar-refractivity contribution in [2.45, 2.75) is 44.2 Å². The quantitative estimate of drug-likeness (QED) is 0.917. The molecule has 130 valence electrons. The molecule has 0 aromatic heterocycles. The molecule has 5 nitrogen and oxygen atoms in total. The van der Waals surface area contributed by atoms with Crippen molar-refractivity contribution in [3.05, 3.63) is 35.6 Å². The highest BCUT2D eigenvalue weighted by molar-refractivity contribution is 5.87. The summed E-state index contributed by atoms with van der Waals surface area (Å²) in [6, 6.07) is 5.94. The highest BCUT2D eigenvalue weighted by Crippen LogP contribution is 2.34. The molecule has 3 unspecified atom stereocenters. The van der Waals surface area contributed by atoms with E-state index >= 15 is 0 Å². The van der Waals surface area contributed by atoms with E-state index in [1.165, 1.54) is 19.1 Å². The van der Waals surface area contributed by atoms with Gasteiger partial charge >= 0.3 is 0 Å². The van der Waals surface area contributed by atoms with Crippen LogP contribution in [-0.4, -0.2) is 48.6 Å². The minimum atomic E-state index is -0.564. The van der Waals surface area contributed by atoms with E-state index in [1.807, 2.05) is 0 Å². The molecular formula is C18H23FN2O3. The molecule has 2 fully saturated rings. The number of benzene rings is 1. The number of halogens is 1. The zero-order valence-corrected chi connectivity index (χ0v) is 13.8. The lowest BCUT2D eigenvalue weighted by molar-refractivity contribution is -0.147. The van der Waals surface area contributed by atoms with E-state index < -0.39 is 6.04 Å². The van der Waals surface area contributed by atoms with Gasteiger partial charge in [0.2, 0.25) is 11.8 Å². The number of carbonyl (C=O) groups excluding carboxylic acids is 2. The van der Waals surface area contributed by atoms with E-state index in [9.17, 15) is 14.0 Å². The first kappa shape index (κ1) is 16.9. The van der Waals surface area contributed by atoms with Gasteiger partial charge in [-0.15, -0.1) is 0 Å². The van der Waals surface area contributed by atoms with Crippen LogP contribution in [0, 0.1) is 5.82 Å². The smallest absolute Gasteiger partial charge is 0.245 e. The van der Waals surface area contributed by atoms with Crippen LogP contribution < -0.4 is 5.32 Å². The van der Waals surface area contributed by atoms with Gasteiger partial charge in [0.1, 0.15) is 11.9 Å². The zero-order valence-electron chi connectivity index (χ0n) is 13.8. The van der Waals surface area contributed by atoms with Gasteiger partial charge in [0.25, 0.3) is 0 Å². The van der Waals surface area contributed by atoms with E-state index in [0.29, 0.717) is 13.2 Å². The summed E-state index contributed by atoms with van der Waals surface area (Å²) in [5, 5.41) is 3.09. The Bertz CT molecular complexity index is 605. The summed E-state index contributed by atoms with van der Waals surface area (Å²) < 4.78 is 18.5. The van der Waals surface area contributed by atoms with Crippen LogP contribution in [0.1, 0.15) is 37.7 Å². The fraction of sp³-hybridized carbons (Fsp3) is 0.556. The Morgan fingerprint density at radius 2 is 2.00 bits per heavy atom. The molecule has 2 aliphatic rings. The molecule has 0 radical (unpaired) electrons. The van der Waals surface area contributed by atoms with E-state index in [2.05, 4.69) is 5.32 Å². The lowest BCUT2D eigenvalue weighted by atomic mass is 9.94. The zero-order chi connectivity index (χ0) is 17.1. The van der Waals surface area contributed by atoms with E-state index in [-0.39, 0.29) is 36.2 Å². The lowest BCUT2D eigenvalue weighted by Crippen LogP contribution is -2.57. The molecule has 6 heteroatoms. The van der Waals surface area contributed by atoms with Gasteiger partial charge in [-0.3, -0.25) is 9.59 Å². The normalized spacial score (nSPS) is 27.1. The van der Waals surface area contributed by atoms with Crippen LogP contribution in [0.2, 0.25) is 0 Å². The first-order chi connectivity index (χ1) is 11.6. The van der Waals surface area contributed by atoms with E-state index in [1.54, 1.807) is 17.0 Å². The monoisotopic (exact) mass is 334 g/mol. The Balaban J connectivity index is 1.68. The third-order valence-electron chi connectivity index (χ3n) is 4.98. The van der Waals surface area contributed by atoms with Crippen molar-refractivity contribution < 1.29 is 18.7 Å². The molecule has 1 aromatic rings. The number of hydrogen-bond donors (Lipinski definition) is 1. The molecule has 1 saturated heterocycles. The van der Waals surface area contributed by atoms with Gasteiger partial charge in [-0.2, -0.15) is 0 Å². The Labute approximate surface area is 141 Å². The number of nitrogens with zero attached hydrogens (tertiary/aromatic N) is 1. The van der Waals surface area contributed by atoms with Crippen LogP contribution in [-0.2, 0) is 14.3 Å².